The molecule has 11 rings (SSSR count). The Bertz CT molecular complexity index is 3080. The van der Waals surface area contributed by atoms with Crippen LogP contribution in [0, 0.1) is 0 Å². The summed E-state index contributed by atoms with van der Waals surface area (Å²) in [6.07, 6.45) is 0. The molecule has 2 heterocycles. The van der Waals surface area contributed by atoms with Crippen molar-refractivity contribution < 1.29 is 4.42 Å². The van der Waals surface area contributed by atoms with Crippen LogP contribution in [0.5, 0.6) is 0 Å². The number of hydrogen-bond acceptors (Lipinski definition) is 4. The van der Waals surface area contributed by atoms with Gasteiger partial charge in [0.1, 0.15) is 5.52 Å². The van der Waals surface area contributed by atoms with Gasteiger partial charge in [0.2, 0.25) is 5.89 Å². The molecule has 0 radical (unpaired) electrons. The van der Waals surface area contributed by atoms with Gasteiger partial charge in [-0.25, -0.2) is 4.98 Å². The van der Waals surface area contributed by atoms with Crippen LogP contribution in [-0.2, 0) is 5.41 Å². The second kappa shape index (κ2) is 11.8. The molecule has 0 spiro atoms. The van der Waals surface area contributed by atoms with E-state index < -0.39 is 0 Å². The lowest BCUT2D eigenvalue weighted by molar-refractivity contribution is 0.623. The van der Waals surface area contributed by atoms with Gasteiger partial charge in [0, 0.05) is 53.6 Å². The van der Waals surface area contributed by atoms with Crippen LogP contribution < -0.4 is 4.90 Å². The fourth-order valence-electron chi connectivity index (χ4n) is 8.62. The molecule has 8 aromatic carbocycles. The van der Waals surface area contributed by atoms with E-state index in [1.165, 1.54) is 42.4 Å². The van der Waals surface area contributed by atoms with Gasteiger partial charge in [0.25, 0.3) is 0 Å². The molecule has 0 saturated carbocycles. The predicted molar refractivity (Wildman–Crippen MR) is 228 cm³/mol. The summed E-state index contributed by atoms with van der Waals surface area (Å²) in [5, 5.41) is 4.81. The van der Waals surface area contributed by atoms with Crippen LogP contribution in [-0.4, -0.2) is 4.98 Å². The average molecular weight is 711 g/mol. The van der Waals surface area contributed by atoms with Crippen molar-refractivity contribution in [1.29, 1.82) is 0 Å². The fraction of sp³-hybridized carbons (Fsp3) is 0.0600. The van der Waals surface area contributed by atoms with Gasteiger partial charge < -0.3 is 9.32 Å². The first-order valence-corrected chi connectivity index (χ1v) is 19.3. The normalized spacial score (nSPS) is 13.1. The summed E-state index contributed by atoms with van der Waals surface area (Å²) in [6, 6.07) is 61.3. The van der Waals surface area contributed by atoms with Gasteiger partial charge in [-0.2, -0.15) is 0 Å². The molecule has 0 amide bonds. The SMILES string of the molecule is CC1(C)c2ccccc2-c2ccc(N(c3ccc(-c4cc5nc(-c6ccccc6)oc5c5ccccc45)cc3)c3ccc4c(c3)sc3ccccc34)cc21. The zero-order valence-corrected chi connectivity index (χ0v) is 30.7. The Morgan fingerprint density at radius 2 is 1.13 bits per heavy atom. The van der Waals surface area contributed by atoms with Crippen LogP contribution in [0.1, 0.15) is 25.0 Å². The van der Waals surface area contributed by atoms with Gasteiger partial charge >= 0.3 is 0 Å². The van der Waals surface area contributed by atoms with E-state index in [0.717, 1.165) is 55.6 Å². The van der Waals surface area contributed by atoms with Crippen LogP contribution in [0.25, 0.3) is 75.8 Å². The number of hydrogen-bond donors (Lipinski definition) is 0. The van der Waals surface area contributed by atoms with Crippen molar-refractivity contribution in [2.24, 2.45) is 0 Å². The van der Waals surface area contributed by atoms with E-state index in [1.54, 1.807) is 0 Å². The Labute approximate surface area is 317 Å². The van der Waals surface area contributed by atoms with Crippen molar-refractivity contribution in [1.82, 2.24) is 4.98 Å². The Balaban J connectivity index is 1.06. The molecule has 2 aromatic heterocycles. The Morgan fingerprint density at radius 1 is 0.481 bits per heavy atom. The van der Waals surface area contributed by atoms with Crippen LogP contribution >= 0.6 is 11.3 Å². The minimum absolute atomic E-state index is 0.103. The zero-order valence-electron chi connectivity index (χ0n) is 29.9. The summed E-state index contributed by atoms with van der Waals surface area (Å²) in [5.74, 6) is 0.634. The monoisotopic (exact) mass is 710 g/mol. The maximum atomic E-state index is 6.41. The van der Waals surface area contributed by atoms with Crippen molar-refractivity contribution in [3.05, 3.63) is 181 Å². The van der Waals surface area contributed by atoms with Crippen LogP contribution in [0.15, 0.2) is 174 Å². The molecule has 1 aliphatic rings. The van der Waals surface area contributed by atoms with E-state index in [0.29, 0.717) is 5.89 Å². The lowest BCUT2D eigenvalue weighted by Gasteiger charge is -2.28. The van der Waals surface area contributed by atoms with Crippen molar-refractivity contribution in [2.45, 2.75) is 19.3 Å². The molecular formula is C50H34N2OS. The van der Waals surface area contributed by atoms with E-state index in [2.05, 4.69) is 158 Å². The molecule has 1 aliphatic carbocycles. The lowest BCUT2D eigenvalue weighted by Crippen LogP contribution is -2.16. The maximum absolute atomic E-state index is 6.41. The first-order chi connectivity index (χ1) is 26.5. The minimum atomic E-state index is -0.103. The van der Waals surface area contributed by atoms with E-state index in [-0.39, 0.29) is 5.41 Å². The summed E-state index contributed by atoms with van der Waals surface area (Å²) in [5.41, 5.74) is 13.6. The largest absolute Gasteiger partial charge is 0.435 e. The fourth-order valence-corrected chi connectivity index (χ4v) is 9.76. The molecule has 0 fully saturated rings. The summed E-state index contributed by atoms with van der Waals surface area (Å²) >= 11 is 1.86. The molecule has 0 unspecified atom stereocenters. The molecule has 54 heavy (non-hydrogen) atoms. The molecular weight excluding hydrogens is 677 g/mol. The van der Waals surface area contributed by atoms with E-state index in [4.69, 9.17) is 9.40 Å². The Kier molecular flexibility index (Phi) is 6.77. The number of oxazole rings is 1. The minimum Gasteiger partial charge on any atom is -0.435 e. The quantitative estimate of drug-likeness (QED) is 0.178. The van der Waals surface area contributed by atoms with Crippen molar-refractivity contribution >= 4 is 70.4 Å². The van der Waals surface area contributed by atoms with Crippen molar-refractivity contribution in [3.63, 3.8) is 0 Å². The zero-order chi connectivity index (χ0) is 36.0. The number of thiophene rings is 1. The molecule has 10 aromatic rings. The summed E-state index contributed by atoms with van der Waals surface area (Å²) < 4.78 is 9.00. The highest BCUT2D eigenvalue weighted by Crippen LogP contribution is 2.51. The lowest BCUT2D eigenvalue weighted by atomic mass is 9.82. The van der Waals surface area contributed by atoms with Crippen LogP contribution in [0.4, 0.5) is 17.1 Å². The number of rotatable bonds is 5. The average Bonchev–Trinajstić information content (AvgIpc) is 3.89. The number of aromatic nitrogens is 1. The van der Waals surface area contributed by atoms with E-state index >= 15 is 0 Å². The second-order valence-electron chi connectivity index (χ2n) is 14.8. The van der Waals surface area contributed by atoms with Crippen molar-refractivity contribution in [3.8, 4) is 33.7 Å². The van der Waals surface area contributed by atoms with E-state index in [1.807, 2.05) is 41.7 Å². The standard InChI is InChI=1S/C50H34N2OS/c1-50(2)43-18-10-8-15-37(43)38-26-24-34(28-44(38)50)52(35-25-27-40-39-16-9-11-19-46(39)54-47(40)29-35)33-22-20-31(21-23-33)42-30-45-48(41-17-7-6-14-36(41)42)53-49(51-45)32-12-4-3-5-13-32/h3-30H,1-2H3. The second-order valence-corrected chi connectivity index (χ2v) is 15.8. The van der Waals surface area contributed by atoms with Gasteiger partial charge in [0.15, 0.2) is 5.58 Å². The van der Waals surface area contributed by atoms with Gasteiger partial charge in [-0.05, 0) is 99.4 Å². The van der Waals surface area contributed by atoms with Crippen LogP contribution in [0.3, 0.4) is 0 Å². The summed E-state index contributed by atoms with van der Waals surface area (Å²) in [4.78, 5) is 7.38. The number of fused-ring (bicyclic) bond motifs is 9. The third-order valence-corrected chi connectivity index (χ3v) is 12.4. The van der Waals surface area contributed by atoms with Gasteiger partial charge in [-0.3, -0.25) is 0 Å². The van der Waals surface area contributed by atoms with E-state index in [9.17, 15) is 0 Å². The Morgan fingerprint density at radius 3 is 1.98 bits per heavy atom. The highest BCUT2D eigenvalue weighted by Gasteiger charge is 2.35. The maximum Gasteiger partial charge on any atom is 0.227 e. The molecule has 256 valence electrons. The predicted octanol–water partition coefficient (Wildman–Crippen LogP) is 14.5. The van der Waals surface area contributed by atoms with Crippen molar-refractivity contribution in [2.75, 3.05) is 4.90 Å². The highest BCUT2D eigenvalue weighted by atomic mass is 32.1. The summed E-state index contributed by atoms with van der Waals surface area (Å²) in [7, 11) is 0. The first-order valence-electron chi connectivity index (χ1n) is 18.5. The highest BCUT2D eigenvalue weighted by molar-refractivity contribution is 7.25. The summed E-state index contributed by atoms with van der Waals surface area (Å²) in [6.45, 7) is 4.70. The van der Waals surface area contributed by atoms with Gasteiger partial charge in [-0.1, -0.05) is 123 Å². The third-order valence-electron chi connectivity index (χ3n) is 11.3. The number of nitrogens with zero attached hydrogens (tertiary/aromatic N) is 2. The van der Waals surface area contributed by atoms with Crippen LogP contribution in [0.2, 0.25) is 0 Å². The molecule has 3 nitrogen and oxygen atoms in total. The first kappa shape index (κ1) is 31.1. The smallest absolute Gasteiger partial charge is 0.227 e. The molecule has 0 saturated heterocycles. The Hall–Kier alpha value is -6.49. The molecule has 0 atom stereocenters. The molecule has 0 bridgehead atoms. The molecule has 4 heteroatoms. The number of anilines is 3. The molecule has 0 aliphatic heterocycles. The molecule has 0 N–H and O–H groups in total. The van der Waals surface area contributed by atoms with Gasteiger partial charge in [-0.15, -0.1) is 11.3 Å². The van der Waals surface area contributed by atoms with Gasteiger partial charge in [0.05, 0.1) is 0 Å². The number of benzene rings is 8. The third kappa shape index (κ3) is 4.70. The topological polar surface area (TPSA) is 29.3 Å².